The maximum absolute atomic E-state index is 5.86. The van der Waals surface area contributed by atoms with Gasteiger partial charge in [0.2, 0.25) is 0 Å². The maximum atomic E-state index is 5.86. The molecule has 0 aliphatic rings. The molecule has 0 spiro atoms. The van der Waals surface area contributed by atoms with Gasteiger partial charge in [-0.3, -0.25) is 0 Å². The van der Waals surface area contributed by atoms with Gasteiger partial charge in [0.05, 0.1) is 6.54 Å². The minimum absolute atomic E-state index is 0.645. The molecule has 3 rings (SSSR count). The second kappa shape index (κ2) is 5.36. The summed E-state index contributed by atoms with van der Waals surface area (Å²) < 4.78 is 1.80. The van der Waals surface area contributed by atoms with Crippen molar-refractivity contribution in [2.45, 2.75) is 20.4 Å². The van der Waals surface area contributed by atoms with E-state index in [2.05, 4.69) is 46.7 Å². The first-order valence-corrected chi connectivity index (χ1v) is 6.82. The molecule has 0 unspecified atom stereocenters. The molecule has 0 radical (unpaired) electrons. The highest BCUT2D eigenvalue weighted by Crippen LogP contribution is 2.21. The van der Waals surface area contributed by atoms with Gasteiger partial charge in [0.25, 0.3) is 0 Å². The van der Waals surface area contributed by atoms with Crippen LogP contribution in [0.3, 0.4) is 0 Å². The zero-order valence-electron chi connectivity index (χ0n) is 12.1. The number of anilines is 1. The summed E-state index contributed by atoms with van der Waals surface area (Å²) in [5.74, 6) is 0.749. The van der Waals surface area contributed by atoms with E-state index in [0.29, 0.717) is 6.54 Å². The van der Waals surface area contributed by atoms with Crippen LogP contribution in [0.1, 0.15) is 16.7 Å². The maximum Gasteiger partial charge on any atom is 0.182 e. The van der Waals surface area contributed by atoms with Gasteiger partial charge in [-0.2, -0.15) is 0 Å². The normalized spacial score (nSPS) is 10.8. The lowest BCUT2D eigenvalue weighted by atomic mass is 10.1. The molecular formula is C16H17N5. The molecule has 5 nitrogen and oxygen atoms in total. The van der Waals surface area contributed by atoms with Gasteiger partial charge in [-0.05, 0) is 53.6 Å². The van der Waals surface area contributed by atoms with Crippen molar-refractivity contribution in [3.8, 4) is 11.4 Å². The Morgan fingerprint density at radius 1 is 1.05 bits per heavy atom. The van der Waals surface area contributed by atoms with Gasteiger partial charge in [-0.15, -0.1) is 5.10 Å². The van der Waals surface area contributed by atoms with Gasteiger partial charge in [-0.1, -0.05) is 29.8 Å². The first-order chi connectivity index (χ1) is 10.1. The second-order valence-corrected chi connectivity index (χ2v) is 5.22. The first-order valence-electron chi connectivity index (χ1n) is 6.82. The third kappa shape index (κ3) is 2.76. The number of nitrogens with two attached hydrogens (primary N) is 1. The van der Waals surface area contributed by atoms with Gasteiger partial charge in [0.1, 0.15) is 0 Å². The quantitative estimate of drug-likeness (QED) is 0.748. The van der Waals surface area contributed by atoms with Crippen molar-refractivity contribution < 1.29 is 0 Å². The van der Waals surface area contributed by atoms with E-state index in [1.54, 1.807) is 4.68 Å². The molecule has 3 aromatic rings. The summed E-state index contributed by atoms with van der Waals surface area (Å²) >= 11 is 0. The van der Waals surface area contributed by atoms with Crippen molar-refractivity contribution in [2.24, 2.45) is 0 Å². The van der Waals surface area contributed by atoms with Crippen LogP contribution in [0.4, 0.5) is 5.69 Å². The molecule has 1 heterocycles. The molecule has 0 aliphatic heterocycles. The van der Waals surface area contributed by atoms with E-state index in [1.807, 2.05) is 25.1 Å². The molecule has 2 aromatic carbocycles. The molecule has 1 aromatic heterocycles. The Labute approximate surface area is 123 Å². The van der Waals surface area contributed by atoms with Gasteiger partial charge in [0.15, 0.2) is 5.82 Å². The molecule has 0 aliphatic carbocycles. The number of nitrogen functional groups attached to an aromatic ring is 1. The number of aromatic nitrogens is 4. The number of rotatable bonds is 3. The predicted molar refractivity (Wildman–Crippen MR) is 82.7 cm³/mol. The Hall–Kier alpha value is -2.69. The molecule has 0 fully saturated rings. The Morgan fingerprint density at radius 3 is 2.52 bits per heavy atom. The van der Waals surface area contributed by atoms with E-state index in [-0.39, 0.29) is 0 Å². The summed E-state index contributed by atoms with van der Waals surface area (Å²) in [6, 6.07) is 14.2. The standard InChI is InChI=1S/C16H17N5/c1-11-3-5-13(6-4-11)10-21-16(18-19-20-21)14-7-8-15(17)12(2)9-14/h3-9H,10,17H2,1-2H3. The Balaban J connectivity index is 1.93. The van der Waals surface area contributed by atoms with E-state index >= 15 is 0 Å². The number of nitrogens with zero attached hydrogens (tertiary/aromatic N) is 4. The van der Waals surface area contributed by atoms with Crippen LogP contribution in [0.15, 0.2) is 42.5 Å². The largest absolute Gasteiger partial charge is 0.399 e. The van der Waals surface area contributed by atoms with Crippen LogP contribution in [0.2, 0.25) is 0 Å². The Morgan fingerprint density at radius 2 is 1.81 bits per heavy atom. The summed E-state index contributed by atoms with van der Waals surface area (Å²) in [4.78, 5) is 0. The van der Waals surface area contributed by atoms with E-state index in [4.69, 9.17) is 5.73 Å². The third-order valence-electron chi connectivity index (χ3n) is 3.51. The predicted octanol–water partition coefficient (Wildman–Crippen LogP) is 2.59. The number of hydrogen-bond donors (Lipinski definition) is 1. The number of hydrogen-bond acceptors (Lipinski definition) is 4. The lowest BCUT2D eigenvalue weighted by Gasteiger charge is -2.07. The molecule has 5 heteroatoms. The minimum atomic E-state index is 0.645. The fourth-order valence-electron chi connectivity index (χ4n) is 2.20. The first kappa shape index (κ1) is 13.3. The van der Waals surface area contributed by atoms with Gasteiger partial charge in [0, 0.05) is 11.3 Å². The smallest absolute Gasteiger partial charge is 0.182 e. The summed E-state index contributed by atoms with van der Waals surface area (Å²) in [6.45, 7) is 4.70. The average molecular weight is 279 g/mol. The number of tetrazole rings is 1. The van der Waals surface area contributed by atoms with E-state index < -0.39 is 0 Å². The molecular weight excluding hydrogens is 262 g/mol. The van der Waals surface area contributed by atoms with Crippen molar-refractivity contribution in [1.29, 1.82) is 0 Å². The highest BCUT2D eigenvalue weighted by atomic mass is 15.5. The van der Waals surface area contributed by atoms with Gasteiger partial charge in [-0.25, -0.2) is 4.68 Å². The summed E-state index contributed by atoms with van der Waals surface area (Å²) in [5.41, 5.74) is 11.0. The molecule has 0 saturated heterocycles. The monoisotopic (exact) mass is 279 g/mol. The fourth-order valence-corrected chi connectivity index (χ4v) is 2.20. The summed E-state index contributed by atoms with van der Waals surface area (Å²) in [5, 5.41) is 12.0. The molecule has 0 saturated carbocycles. The zero-order chi connectivity index (χ0) is 14.8. The van der Waals surface area contributed by atoms with Crippen molar-refractivity contribution >= 4 is 5.69 Å². The SMILES string of the molecule is Cc1ccc(Cn2nnnc2-c2ccc(N)c(C)c2)cc1. The van der Waals surface area contributed by atoms with Crippen LogP contribution in [0.25, 0.3) is 11.4 Å². The summed E-state index contributed by atoms with van der Waals surface area (Å²) in [7, 11) is 0. The molecule has 0 amide bonds. The minimum Gasteiger partial charge on any atom is -0.399 e. The van der Waals surface area contributed by atoms with E-state index in [9.17, 15) is 0 Å². The van der Waals surface area contributed by atoms with Gasteiger partial charge < -0.3 is 5.73 Å². The molecule has 0 atom stereocenters. The average Bonchev–Trinajstić information content (AvgIpc) is 2.92. The van der Waals surface area contributed by atoms with Crippen molar-refractivity contribution in [3.05, 3.63) is 59.2 Å². The van der Waals surface area contributed by atoms with Gasteiger partial charge >= 0.3 is 0 Å². The van der Waals surface area contributed by atoms with Crippen LogP contribution in [-0.4, -0.2) is 20.2 Å². The van der Waals surface area contributed by atoms with Crippen LogP contribution >= 0.6 is 0 Å². The number of aryl methyl sites for hydroxylation is 2. The Kier molecular flexibility index (Phi) is 3.39. The zero-order valence-corrected chi connectivity index (χ0v) is 12.1. The molecule has 106 valence electrons. The molecule has 2 N–H and O–H groups in total. The third-order valence-corrected chi connectivity index (χ3v) is 3.51. The summed E-state index contributed by atoms with van der Waals surface area (Å²) in [6.07, 6.45) is 0. The molecule has 21 heavy (non-hydrogen) atoms. The van der Waals surface area contributed by atoms with Crippen molar-refractivity contribution in [1.82, 2.24) is 20.2 Å². The van der Waals surface area contributed by atoms with Crippen molar-refractivity contribution in [3.63, 3.8) is 0 Å². The Bertz CT molecular complexity index is 759. The lowest BCUT2D eigenvalue weighted by Crippen LogP contribution is -2.04. The highest BCUT2D eigenvalue weighted by Gasteiger charge is 2.10. The number of benzene rings is 2. The van der Waals surface area contributed by atoms with Crippen LogP contribution in [-0.2, 0) is 6.54 Å². The van der Waals surface area contributed by atoms with E-state index in [1.165, 1.54) is 11.1 Å². The second-order valence-electron chi connectivity index (χ2n) is 5.22. The van der Waals surface area contributed by atoms with Crippen LogP contribution < -0.4 is 5.73 Å². The fraction of sp³-hybridized carbons (Fsp3) is 0.188. The van der Waals surface area contributed by atoms with Crippen LogP contribution in [0.5, 0.6) is 0 Å². The highest BCUT2D eigenvalue weighted by molar-refractivity contribution is 5.61. The van der Waals surface area contributed by atoms with E-state index in [0.717, 1.165) is 22.6 Å². The van der Waals surface area contributed by atoms with Crippen molar-refractivity contribution in [2.75, 3.05) is 5.73 Å². The molecule has 0 bridgehead atoms. The topological polar surface area (TPSA) is 69.6 Å². The van der Waals surface area contributed by atoms with Crippen LogP contribution in [0, 0.1) is 13.8 Å². The lowest BCUT2D eigenvalue weighted by molar-refractivity contribution is 0.653.